The monoisotopic (exact) mass is 290 g/mol. The summed E-state index contributed by atoms with van der Waals surface area (Å²) in [7, 11) is 0. The molecule has 0 aliphatic carbocycles. The van der Waals surface area contributed by atoms with Crippen LogP contribution in [0.2, 0.25) is 0 Å². The second kappa shape index (κ2) is 4.77. The van der Waals surface area contributed by atoms with Crippen LogP contribution in [0.1, 0.15) is 16.1 Å². The van der Waals surface area contributed by atoms with Gasteiger partial charge in [0.1, 0.15) is 5.58 Å². The minimum absolute atomic E-state index is 0.217. The van der Waals surface area contributed by atoms with Crippen LogP contribution in [-0.4, -0.2) is 6.29 Å². The number of fused-ring (bicyclic) bond motifs is 1. The fourth-order valence-corrected chi connectivity index (χ4v) is 2.15. The van der Waals surface area contributed by atoms with E-state index in [-0.39, 0.29) is 5.76 Å². The van der Waals surface area contributed by atoms with Gasteiger partial charge in [-0.15, -0.1) is 0 Å². The van der Waals surface area contributed by atoms with Crippen LogP contribution >= 0.6 is 0 Å². The van der Waals surface area contributed by atoms with E-state index in [0.29, 0.717) is 17.4 Å². The van der Waals surface area contributed by atoms with E-state index in [1.54, 1.807) is 24.3 Å². The molecule has 3 rings (SSSR count). The first-order valence-electron chi connectivity index (χ1n) is 6.14. The van der Waals surface area contributed by atoms with Crippen molar-refractivity contribution < 1.29 is 22.4 Å². The Morgan fingerprint density at radius 1 is 0.905 bits per heavy atom. The molecule has 1 heterocycles. The molecule has 2 aromatic carbocycles. The van der Waals surface area contributed by atoms with Gasteiger partial charge in [-0.3, -0.25) is 4.79 Å². The molecular formula is C16H9F3O2. The van der Waals surface area contributed by atoms with Crippen molar-refractivity contribution in [2.75, 3.05) is 0 Å². The van der Waals surface area contributed by atoms with Crippen molar-refractivity contribution in [3.05, 3.63) is 59.9 Å². The molecule has 0 spiro atoms. The lowest BCUT2D eigenvalue weighted by Gasteiger charge is -2.07. The van der Waals surface area contributed by atoms with E-state index in [9.17, 15) is 18.0 Å². The van der Waals surface area contributed by atoms with E-state index in [4.69, 9.17) is 4.42 Å². The van der Waals surface area contributed by atoms with E-state index in [1.807, 2.05) is 0 Å². The highest BCUT2D eigenvalue weighted by atomic mass is 19.4. The lowest BCUT2D eigenvalue weighted by atomic mass is 10.0. The minimum atomic E-state index is -4.34. The van der Waals surface area contributed by atoms with Crippen molar-refractivity contribution in [1.29, 1.82) is 0 Å². The Hall–Kier alpha value is -2.56. The maximum absolute atomic E-state index is 12.5. The summed E-state index contributed by atoms with van der Waals surface area (Å²) in [6.07, 6.45) is -3.73. The fourth-order valence-electron chi connectivity index (χ4n) is 2.15. The smallest absolute Gasteiger partial charge is 0.416 e. The van der Waals surface area contributed by atoms with Crippen LogP contribution < -0.4 is 0 Å². The average Bonchev–Trinajstić information content (AvgIpc) is 2.88. The second-order valence-electron chi connectivity index (χ2n) is 4.59. The van der Waals surface area contributed by atoms with Crippen LogP contribution in [0.15, 0.2) is 52.9 Å². The molecule has 0 bridgehead atoms. The van der Waals surface area contributed by atoms with E-state index in [0.717, 1.165) is 23.1 Å². The van der Waals surface area contributed by atoms with E-state index < -0.39 is 11.7 Å². The summed E-state index contributed by atoms with van der Waals surface area (Å²) in [5.74, 6) is 0.217. The number of rotatable bonds is 2. The number of furan rings is 1. The van der Waals surface area contributed by atoms with Gasteiger partial charge in [0.25, 0.3) is 0 Å². The molecule has 0 saturated carbocycles. The first-order chi connectivity index (χ1) is 9.97. The summed E-state index contributed by atoms with van der Waals surface area (Å²) in [4.78, 5) is 10.7. The molecule has 2 nitrogen and oxygen atoms in total. The lowest BCUT2D eigenvalue weighted by Crippen LogP contribution is -2.03. The zero-order valence-electron chi connectivity index (χ0n) is 10.6. The van der Waals surface area contributed by atoms with E-state index in [2.05, 4.69) is 0 Å². The SMILES string of the molecule is O=Cc1cc2cc(-c3ccc(C(F)(F)F)cc3)ccc2o1. The standard InChI is InChI=1S/C16H9F3O2/c17-16(18,19)13-4-1-10(2-5-13)11-3-6-15-12(7-11)8-14(9-20)21-15/h1-9H. The van der Waals surface area contributed by atoms with Crippen molar-refractivity contribution in [3.8, 4) is 11.1 Å². The van der Waals surface area contributed by atoms with Gasteiger partial charge >= 0.3 is 6.18 Å². The zero-order valence-corrected chi connectivity index (χ0v) is 10.6. The first-order valence-corrected chi connectivity index (χ1v) is 6.14. The van der Waals surface area contributed by atoms with Gasteiger partial charge in [0.2, 0.25) is 0 Å². The molecule has 0 aliphatic heterocycles. The van der Waals surface area contributed by atoms with Crippen LogP contribution in [0.4, 0.5) is 13.2 Å². The molecule has 3 aromatic rings. The summed E-state index contributed by atoms with van der Waals surface area (Å²) in [5.41, 5.74) is 1.31. The largest absolute Gasteiger partial charge is 0.453 e. The normalized spacial score (nSPS) is 11.8. The molecule has 0 N–H and O–H groups in total. The zero-order chi connectivity index (χ0) is 15.0. The van der Waals surface area contributed by atoms with Crippen LogP contribution in [0.3, 0.4) is 0 Å². The Morgan fingerprint density at radius 2 is 1.57 bits per heavy atom. The summed E-state index contributed by atoms with van der Waals surface area (Å²) >= 11 is 0. The highest BCUT2D eigenvalue weighted by Gasteiger charge is 2.29. The second-order valence-corrected chi connectivity index (χ2v) is 4.59. The predicted molar refractivity (Wildman–Crippen MR) is 72.0 cm³/mol. The molecule has 0 unspecified atom stereocenters. The van der Waals surface area contributed by atoms with Gasteiger partial charge in [0.05, 0.1) is 5.56 Å². The van der Waals surface area contributed by atoms with Crippen LogP contribution in [0.5, 0.6) is 0 Å². The maximum atomic E-state index is 12.5. The first kappa shape index (κ1) is 13.4. The number of hydrogen-bond donors (Lipinski definition) is 0. The lowest BCUT2D eigenvalue weighted by molar-refractivity contribution is -0.137. The molecule has 0 saturated heterocycles. The van der Waals surface area contributed by atoms with Gasteiger partial charge in [-0.1, -0.05) is 18.2 Å². The number of halogens is 3. The van der Waals surface area contributed by atoms with E-state index in [1.165, 1.54) is 12.1 Å². The number of carbonyl (C=O) groups is 1. The minimum Gasteiger partial charge on any atom is -0.453 e. The molecule has 0 amide bonds. The fraction of sp³-hybridized carbons (Fsp3) is 0.0625. The van der Waals surface area contributed by atoms with Crippen LogP contribution in [0.25, 0.3) is 22.1 Å². The summed E-state index contributed by atoms with van der Waals surface area (Å²) in [5, 5.41) is 0.731. The number of alkyl halides is 3. The molecule has 0 radical (unpaired) electrons. The molecule has 1 aromatic heterocycles. The van der Waals surface area contributed by atoms with Gasteiger partial charge in [0.15, 0.2) is 12.0 Å². The summed E-state index contributed by atoms with van der Waals surface area (Å²) in [6, 6.07) is 11.7. The molecule has 0 fully saturated rings. The Bertz CT molecular complexity index is 798. The third kappa shape index (κ3) is 2.54. The van der Waals surface area contributed by atoms with Gasteiger partial charge in [-0.05, 0) is 41.5 Å². The molecule has 0 atom stereocenters. The van der Waals surface area contributed by atoms with Crippen molar-refractivity contribution in [2.45, 2.75) is 6.18 Å². The van der Waals surface area contributed by atoms with Gasteiger partial charge < -0.3 is 4.42 Å². The highest BCUT2D eigenvalue weighted by Crippen LogP contribution is 2.32. The third-order valence-electron chi connectivity index (χ3n) is 3.20. The molecule has 21 heavy (non-hydrogen) atoms. The summed E-state index contributed by atoms with van der Waals surface area (Å²) < 4.78 is 42.8. The van der Waals surface area contributed by atoms with Gasteiger partial charge in [0, 0.05) is 5.39 Å². The topological polar surface area (TPSA) is 30.2 Å². The Labute approximate surface area is 117 Å². The highest BCUT2D eigenvalue weighted by molar-refractivity contribution is 5.88. The number of carbonyl (C=O) groups excluding carboxylic acids is 1. The van der Waals surface area contributed by atoms with Gasteiger partial charge in [-0.25, -0.2) is 0 Å². The van der Waals surface area contributed by atoms with Crippen molar-refractivity contribution in [1.82, 2.24) is 0 Å². The molecular weight excluding hydrogens is 281 g/mol. The van der Waals surface area contributed by atoms with Crippen molar-refractivity contribution >= 4 is 17.3 Å². The number of aldehydes is 1. The number of hydrogen-bond acceptors (Lipinski definition) is 2. The van der Waals surface area contributed by atoms with Crippen molar-refractivity contribution in [2.24, 2.45) is 0 Å². The average molecular weight is 290 g/mol. The molecule has 0 aliphatic rings. The molecule has 5 heteroatoms. The van der Waals surface area contributed by atoms with Gasteiger partial charge in [-0.2, -0.15) is 13.2 Å². The Morgan fingerprint density at radius 3 is 2.19 bits per heavy atom. The molecule has 106 valence electrons. The Balaban J connectivity index is 2.01. The number of benzene rings is 2. The Kier molecular flexibility index (Phi) is 3.05. The van der Waals surface area contributed by atoms with Crippen LogP contribution in [-0.2, 0) is 6.18 Å². The van der Waals surface area contributed by atoms with E-state index >= 15 is 0 Å². The van der Waals surface area contributed by atoms with Crippen molar-refractivity contribution in [3.63, 3.8) is 0 Å². The summed E-state index contributed by atoms with van der Waals surface area (Å²) in [6.45, 7) is 0. The van der Waals surface area contributed by atoms with Crippen LogP contribution in [0, 0.1) is 0 Å². The maximum Gasteiger partial charge on any atom is 0.416 e. The predicted octanol–water partition coefficient (Wildman–Crippen LogP) is 4.93. The third-order valence-corrected chi connectivity index (χ3v) is 3.20. The quantitative estimate of drug-likeness (QED) is 0.626.